The number of nitrogen functional groups attached to an aromatic ring is 1. The van der Waals surface area contributed by atoms with Crippen LogP contribution in [0, 0.1) is 11.8 Å². The molecule has 2 aliphatic rings. The molecule has 0 aromatic carbocycles. The Morgan fingerprint density at radius 2 is 1.82 bits per heavy atom. The molecule has 1 aromatic rings. The SMILES string of the molecule is NC(=O)c1c(N)sc2c1CC1CCCCC1C2. The molecular formula is C13H18N2OS. The Hall–Kier alpha value is -1.03. The molecule has 3 rings (SSSR count). The predicted octanol–water partition coefficient (Wildman–Crippen LogP) is 2.33. The minimum atomic E-state index is -0.353. The first kappa shape index (κ1) is 11.1. The Balaban J connectivity index is 2.00. The second-order valence-corrected chi connectivity index (χ2v) is 6.46. The number of hydrogen-bond acceptors (Lipinski definition) is 3. The van der Waals surface area contributed by atoms with Crippen molar-refractivity contribution in [3.05, 3.63) is 16.0 Å². The molecule has 1 saturated carbocycles. The number of fused-ring (bicyclic) bond motifs is 2. The van der Waals surface area contributed by atoms with Crippen LogP contribution in [0.5, 0.6) is 0 Å². The molecule has 0 bridgehead atoms. The minimum Gasteiger partial charge on any atom is -0.390 e. The normalized spacial score (nSPS) is 27.3. The van der Waals surface area contributed by atoms with Crippen LogP contribution in [0.15, 0.2) is 0 Å². The summed E-state index contributed by atoms with van der Waals surface area (Å²) in [6, 6.07) is 0. The molecule has 1 heterocycles. The standard InChI is InChI=1S/C13H18N2OS/c14-12(16)11-9-5-7-3-1-2-4-8(7)6-10(9)17-13(11)15/h7-8H,1-6,15H2,(H2,14,16). The molecule has 1 aromatic heterocycles. The monoisotopic (exact) mass is 250 g/mol. The molecule has 2 unspecified atom stereocenters. The van der Waals surface area contributed by atoms with Crippen LogP contribution in [0.1, 0.15) is 46.5 Å². The zero-order chi connectivity index (χ0) is 12.0. The van der Waals surface area contributed by atoms with Crippen LogP contribution in [0.2, 0.25) is 0 Å². The molecule has 2 atom stereocenters. The Labute approximate surface area is 105 Å². The topological polar surface area (TPSA) is 69.1 Å². The summed E-state index contributed by atoms with van der Waals surface area (Å²) < 4.78 is 0. The largest absolute Gasteiger partial charge is 0.390 e. The molecule has 2 aliphatic carbocycles. The smallest absolute Gasteiger partial charge is 0.251 e. The Bertz CT molecular complexity index is 466. The lowest BCUT2D eigenvalue weighted by Gasteiger charge is -2.35. The molecule has 0 radical (unpaired) electrons. The predicted molar refractivity (Wildman–Crippen MR) is 70.1 cm³/mol. The van der Waals surface area contributed by atoms with E-state index in [1.165, 1.54) is 36.1 Å². The summed E-state index contributed by atoms with van der Waals surface area (Å²) in [7, 11) is 0. The average Bonchev–Trinajstić information content (AvgIpc) is 2.60. The maximum atomic E-state index is 11.5. The van der Waals surface area contributed by atoms with Gasteiger partial charge in [-0.15, -0.1) is 11.3 Å². The fourth-order valence-corrected chi connectivity index (χ4v) is 4.70. The number of nitrogens with two attached hydrogens (primary N) is 2. The van der Waals surface area contributed by atoms with Crippen molar-refractivity contribution in [2.24, 2.45) is 17.6 Å². The van der Waals surface area contributed by atoms with Crippen molar-refractivity contribution in [2.75, 3.05) is 5.73 Å². The number of thiophene rings is 1. The van der Waals surface area contributed by atoms with E-state index in [9.17, 15) is 4.79 Å². The van der Waals surface area contributed by atoms with Crippen LogP contribution in [-0.4, -0.2) is 5.91 Å². The van der Waals surface area contributed by atoms with Crippen LogP contribution >= 0.6 is 11.3 Å². The third-order valence-corrected chi connectivity index (χ3v) is 5.43. The number of rotatable bonds is 1. The zero-order valence-electron chi connectivity index (χ0n) is 9.87. The lowest BCUT2D eigenvalue weighted by molar-refractivity contribution is 0.0999. The van der Waals surface area contributed by atoms with E-state index in [1.54, 1.807) is 11.3 Å². The maximum Gasteiger partial charge on any atom is 0.251 e. The molecule has 0 aliphatic heterocycles. The van der Waals surface area contributed by atoms with Crippen LogP contribution in [0.25, 0.3) is 0 Å². The van der Waals surface area contributed by atoms with Crippen molar-refractivity contribution in [2.45, 2.75) is 38.5 Å². The molecule has 1 amide bonds. The van der Waals surface area contributed by atoms with Gasteiger partial charge in [0.05, 0.1) is 10.6 Å². The highest BCUT2D eigenvalue weighted by molar-refractivity contribution is 7.16. The molecule has 17 heavy (non-hydrogen) atoms. The molecule has 0 saturated heterocycles. The van der Waals surface area contributed by atoms with Gasteiger partial charge in [0.1, 0.15) is 0 Å². The first-order valence-electron chi connectivity index (χ1n) is 6.36. The summed E-state index contributed by atoms with van der Waals surface area (Å²) in [6.45, 7) is 0. The van der Waals surface area contributed by atoms with Crippen LogP contribution in [0.4, 0.5) is 5.00 Å². The van der Waals surface area contributed by atoms with E-state index in [-0.39, 0.29) is 5.91 Å². The summed E-state index contributed by atoms with van der Waals surface area (Å²) in [6.07, 6.45) is 7.47. The van der Waals surface area contributed by atoms with Gasteiger partial charge in [-0.05, 0) is 43.1 Å². The van der Waals surface area contributed by atoms with Crippen LogP contribution in [-0.2, 0) is 12.8 Å². The van der Waals surface area contributed by atoms with Crippen molar-refractivity contribution in [1.29, 1.82) is 0 Å². The number of carbonyl (C=O) groups is 1. The van der Waals surface area contributed by atoms with Crippen molar-refractivity contribution in [1.82, 2.24) is 0 Å². The summed E-state index contributed by atoms with van der Waals surface area (Å²) in [5.41, 5.74) is 13.2. The second-order valence-electron chi connectivity index (χ2n) is 5.32. The third-order valence-electron chi connectivity index (χ3n) is 4.34. The Morgan fingerprint density at radius 3 is 2.47 bits per heavy atom. The van der Waals surface area contributed by atoms with Gasteiger partial charge in [-0.2, -0.15) is 0 Å². The first-order valence-corrected chi connectivity index (χ1v) is 7.18. The summed E-state index contributed by atoms with van der Waals surface area (Å²) in [4.78, 5) is 12.8. The van der Waals surface area contributed by atoms with E-state index >= 15 is 0 Å². The quantitative estimate of drug-likeness (QED) is 0.803. The fraction of sp³-hybridized carbons (Fsp3) is 0.615. The van der Waals surface area contributed by atoms with Crippen LogP contribution < -0.4 is 11.5 Å². The second kappa shape index (κ2) is 4.02. The number of carbonyl (C=O) groups excluding carboxylic acids is 1. The van der Waals surface area contributed by atoms with Gasteiger partial charge in [0, 0.05) is 4.88 Å². The first-order chi connectivity index (χ1) is 8.16. The van der Waals surface area contributed by atoms with Crippen LogP contribution in [0.3, 0.4) is 0 Å². The van der Waals surface area contributed by atoms with Gasteiger partial charge in [0.25, 0.3) is 5.91 Å². The van der Waals surface area contributed by atoms with Gasteiger partial charge in [0.15, 0.2) is 0 Å². The highest BCUT2D eigenvalue weighted by atomic mass is 32.1. The average molecular weight is 250 g/mol. The van der Waals surface area contributed by atoms with E-state index in [0.29, 0.717) is 10.6 Å². The van der Waals surface area contributed by atoms with E-state index in [0.717, 1.165) is 24.7 Å². The van der Waals surface area contributed by atoms with Gasteiger partial charge in [-0.25, -0.2) is 0 Å². The molecular weight excluding hydrogens is 232 g/mol. The maximum absolute atomic E-state index is 11.5. The summed E-state index contributed by atoms with van der Waals surface area (Å²) in [5, 5.41) is 0.626. The lowest BCUT2D eigenvalue weighted by Crippen LogP contribution is -2.28. The van der Waals surface area contributed by atoms with E-state index < -0.39 is 0 Å². The highest BCUT2D eigenvalue weighted by Crippen LogP contribution is 2.44. The van der Waals surface area contributed by atoms with Gasteiger partial charge >= 0.3 is 0 Å². The summed E-state index contributed by atoms with van der Waals surface area (Å²) in [5.74, 6) is 1.22. The molecule has 4 N–H and O–H groups in total. The number of primary amides is 1. The fourth-order valence-electron chi connectivity index (χ4n) is 3.51. The third kappa shape index (κ3) is 1.75. The minimum absolute atomic E-state index is 0.353. The highest BCUT2D eigenvalue weighted by Gasteiger charge is 2.34. The van der Waals surface area contributed by atoms with Gasteiger partial charge in [-0.3, -0.25) is 4.79 Å². The molecule has 3 nitrogen and oxygen atoms in total. The van der Waals surface area contributed by atoms with Crippen molar-refractivity contribution in [3.63, 3.8) is 0 Å². The number of hydrogen-bond donors (Lipinski definition) is 2. The van der Waals surface area contributed by atoms with Crippen molar-refractivity contribution in [3.8, 4) is 0 Å². The van der Waals surface area contributed by atoms with Crippen molar-refractivity contribution >= 4 is 22.2 Å². The lowest BCUT2D eigenvalue weighted by atomic mass is 9.70. The van der Waals surface area contributed by atoms with E-state index in [4.69, 9.17) is 11.5 Å². The van der Waals surface area contributed by atoms with Gasteiger partial charge in [-0.1, -0.05) is 12.8 Å². The summed E-state index contributed by atoms with van der Waals surface area (Å²) >= 11 is 1.58. The van der Waals surface area contributed by atoms with Crippen molar-refractivity contribution < 1.29 is 4.79 Å². The van der Waals surface area contributed by atoms with Gasteiger partial charge in [0.2, 0.25) is 0 Å². The zero-order valence-corrected chi connectivity index (χ0v) is 10.7. The van der Waals surface area contributed by atoms with E-state index in [1.807, 2.05) is 0 Å². The number of anilines is 1. The van der Waals surface area contributed by atoms with E-state index in [2.05, 4.69) is 0 Å². The molecule has 0 spiro atoms. The van der Waals surface area contributed by atoms with Gasteiger partial charge < -0.3 is 11.5 Å². The Kier molecular flexibility index (Phi) is 2.62. The molecule has 92 valence electrons. The molecule has 1 fully saturated rings. The number of amides is 1. The Morgan fingerprint density at radius 1 is 1.18 bits per heavy atom. The molecule has 4 heteroatoms.